The number of carbonyl (C=O) groups is 3. The number of pyridine rings is 2. The summed E-state index contributed by atoms with van der Waals surface area (Å²) >= 11 is 0. The molecule has 1 fully saturated rings. The third-order valence-corrected chi connectivity index (χ3v) is 8.13. The number of likely N-dealkylation sites (tertiary alicyclic amines) is 1. The highest BCUT2D eigenvalue weighted by molar-refractivity contribution is 6.25. The molecule has 1 amide bonds. The van der Waals surface area contributed by atoms with Gasteiger partial charge in [0.15, 0.2) is 5.65 Å². The largest absolute Gasteiger partial charge is 0.543 e. The SMILES string of the molecule is CC1(C)Nc2ccccc2C(=O)N1CCN1CCC(Cc2nc3cccnc3n2Cc2ccccn2)CC1.O=C([O-])C(=O)[O-]. The van der Waals surface area contributed by atoms with E-state index in [-0.39, 0.29) is 5.91 Å². The molecule has 12 heteroatoms. The van der Waals surface area contributed by atoms with Crippen LogP contribution in [0, 0.1) is 5.92 Å². The van der Waals surface area contributed by atoms with Gasteiger partial charge in [-0.25, -0.2) is 9.97 Å². The number of rotatable bonds is 7. The topological polar surface area (TPSA) is 159 Å². The zero-order chi connectivity index (χ0) is 31.3. The number of hydrogen-bond acceptors (Lipinski definition) is 10. The lowest BCUT2D eigenvalue weighted by molar-refractivity contribution is -0.345. The molecule has 12 nitrogen and oxygen atoms in total. The average molecular weight is 598 g/mol. The standard InChI is InChI=1S/C30H35N7O.C2H2O4/c1-30(2)34-25-10-4-3-9-24(25)29(38)37(30)19-18-35-16-12-22(13-17-35)20-27-33-26-11-7-15-32-28(26)36(27)21-23-8-5-6-14-31-23;3-1(4)2(5)6/h3-11,14-15,22,34H,12-13,16-21H2,1-2H3;(H,3,4)(H,5,6)/p-2. The van der Waals surface area contributed by atoms with E-state index >= 15 is 0 Å². The van der Waals surface area contributed by atoms with E-state index in [9.17, 15) is 4.79 Å². The summed E-state index contributed by atoms with van der Waals surface area (Å²) in [5.74, 6) is -2.59. The predicted molar refractivity (Wildman–Crippen MR) is 159 cm³/mol. The zero-order valence-electron chi connectivity index (χ0n) is 24.8. The van der Waals surface area contributed by atoms with Crippen molar-refractivity contribution in [3.05, 3.63) is 84.1 Å². The second-order valence-electron chi connectivity index (χ2n) is 11.5. The number of amides is 1. The molecule has 3 aromatic heterocycles. The molecule has 0 spiro atoms. The number of benzene rings is 1. The van der Waals surface area contributed by atoms with E-state index in [4.69, 9.17) is 24.8 Å². The predicted octanol–water partition coefficient (Wildman–Crippen LogP) is 0.919. The Bertz CT molecular complexity index is 1620. The molecule has 2 aliphatic heterocycles. The Morgan fingerprint density at radius 1 is 0.932 bits per heavy atom. The van der Waals surface area contributed by atoms with Gasteiger partial charge in [0.25, 0.3) is 5.91 Å². The lowest BCUT2D eigenvalue weighted by atomic mass is 9.93. The third kappa shape index (κ3) is 7.03. The number of hydrogen-bond donors (Lipinski definition) is 1. The highest BCUT2D eigenvalue weighted by atomic mass is 16.4. The number of imidazole rings is 1. The molecule has 2 aliphatic rings. The van der Waals surface area contributed by atoms with Crippen LogP contribution in [0.5, 0.6) is 0 Å². The maximum Gasteiger partial charge on any atom is 0.257 e. The van der Waals surface area contributed by atoms with Crippen LogP contribution in [0.2, 0.25) is 0 Å². The van der Waals surface area contributed by atoms with Crippen LogP contribution in [0.25, 0.3) is 11.2 Å². The van der Waals surface area contributed by atoms with Crippen LogP contribution in [-0.4, -0.2) is 79.0 Å². The Morgan fingerprint density at radius 3 is 2.34 bits per heavy atom. The highest BCUT2D eigenvalue weighted by Gasteiger charge is 2.37. The van der Waals surface area contributed by atoms with E-state index < -0.39 is 17.6 Å². The molecule has 1 aromatic carbocycles. The lowest BCUT2D eigenvalue weighted by Crippen LogP contribution is -2.58. The summed E-state index contributed by atoms with van der Waals surface area (Å²) < 4.78 is 2.24. The summed E-state index contributed by atoms with van der Waals surface area (Å²) in [5, 5.41) is 21.4. The number of para-hydroxylation sites is 1. The Hall–Kier alpha value is -4.84. The summed E-state index contributed by atoms with van der Waals surface area (Å²) in [4.78, 5) is 49.7. The fourth-order valence-electron chi connectivity index (χ4n) is 5.85. The minimum absolute atomic E-state index is 0.111. The monoisotopic (exact) mass is 597 g/mol. The molecule has 0 saturated carbocycles. The highest BCUT2D eigenvalue weighted by Crippen LogP contribution is 2.31. The van der Waals surface area contributed by atoms with Gasteiger partial charge in [0.2, 0.25) is 0 Å². The van der Waals surface area contributed by atoms with Crippen molar-refractivity contribution in [2.75, 3.05) is 31.5 Å². The van der Waals surface area contributed by atoms with E-state index in [1.54, 1.807) is 0 Å². The van der Waals surface area contributed by atoms with E-state index in [1.807, 2.05) is 65.8 Å². The third-order valence-electron chi connectivity index (χ3n) is 8.13. The fraction of sp³-hybridized carbons (Fsp3) is 0.375. The summed E-state index contributed by atoms with van der Waals surface area (Å²) in [7, 11) is 0. The van der Waals surface area contributed by atoms with Crippen LogP contribution in [0.1, 0.15) is 48.6 Å². The number of nitrogens with zero attached hydrogens (tertiary/aromatic N) is 6. The van der Waals surface area contributed by atoms with E-state index in [2.05, 4.69) is 44.7 Å². The van der Waals surface area contributed by atoms with Crippen LogP contribution < -0.4 is 15.5 Å². The van der Waals surface area contributed by atoms with Crippen LogP contribution in [0.15, 0.2) is 67.0 Å². The van der Waals surface area contributed by atoms with Crippen molar-refractivity contribution in [3.8, 4) is 0 Å². The first-order valence-corrected chi connectivity index (χ1v) is 14.7. The minimum Gasteiger partial charge on any atom is -0.543 e. The molecule has 0 unspecified atom stereocenters. The van der Waals surface area contributed by atoms with Crippen LogP contribution in [-0.2, 0) is 22.6 Å². The molecular formula is C32H35N7O5-2. The van der Waals surface area contributed by atoms with Crippen molar-refractivity contribution in [2.45, 2.75) is 45.3 Å². The van der Waals surface area contributed by atoms with E-state index in [0.29, 0.717) is 19.0 Å². The number of carbonyl (C=O) groups excluding carboxylic acids is 3. The van der Waals surface area contributed by atoms with Gasteiger partial charge in [-0.05, 0) is 82.1 Å². The van der Waals surface area contributed by atoms with Crippen LogP contribution in [0.3, 0.4) is 0 Å². The minimum atomic E-state index is -2.19. The summed E-state index contributed by atoms with van der Waals surface area (Å²) in [6, 6.07) is 17.8. The number of aliphatic carboxylic acids is 2. The molecule has 1 saturated heterocycles. The van der Waals surface area contributed by atoms with Crippen molar-refractivity contribution in [3.63, 3.8) is 0 Å². The fourth-order valence-corrected chi connectivity index (χ4v) is 5.85. The Labute approximate surface area is 255 Å². The number of carboxylic acid groups (broad SMARTS) is 2. The van der Waals surface area contributed by atoms with Gasteiger partial charge in [0.1, 0.15) is 17.0 Å². The Balaban J connectivity index is 0.000000584. The van der Waals surface area contributed by atoms with E-state index in [0.717, 1.165) is 72.8 Å². The number of aromatic nitrogens is 4. The van der Waals surface area contributed by atoms with E-state index in [1.165, 1.54) is 0 Å². The normalized spacial score (nSPS) is 16.5. The first-order valence-electron chi connectivity index (χ1n) is 14.7. The van der Waals surface area contributed by atoms with Gasteiger partial charge in [-0.1, -0.05) is 18.2 Å². The molecule has 0 radical (unpaired) electrons. The van der Waals surface area contributed by atoms with Gasteiger partial charge in [-0.15, -0.1) is 0 Å². The van der Waals surface area contributed by atoms with Crippen molar-refractivity contribution < 1.29 is 24.6 Å². The van der Waals surface area contributed by atoms with Gasteiger partial charge in [0.05, 0.1) is 29.7 Å². The first-order chi connectivity index (χ1) is 21.1. The maximum absolute atomic E-state index is 13.2. The summed E-state index contributed by atoms with van der Waals surface area (Å²) in [6.07, 6.45) is 6.86. The van der Waals surface area contributed by atoms with Gasteiger partial charge in [0, 0.05) is 37.6 Å². The molecule has 6 rings (SSSR count). The lowest BCUT2D eigenvalue weighted by Gasteiger charge is -2.45. The molecule has 44 heavy (non-hydrogen) atoms. The molecular weight excluding hydrogens is 562 g/mol. The molecule has 0 atom stereocenters. The maximum atomic E-state index is 13.2. The smallest absolute Gasteiger partial charge is 0.257 e. The second-order valence-corrected chi connectivity index (χ2v) is 11.5. The van der Waals surface area contributed by atoms with Gasteiger partial charge in [-0.3, -0.25) is 9.78 Å². The molecule has 4 aromatic rings. The van der Waals surface area contributed by atoms with Gasteiger partial charge < -0.3 is 39.5 Å². The molecule has 230 valence electrons. The molecule has 0 bridgehead atoms. The van der Waals surface area contributed by atoms with Gasteiger partial charge >= 0.3 is 0 Å². The summed E-state index contributed by atoms with van der Waals surface area (Å²) in [6.45, 7) is 8.51. The van der Waals surface area contributed by atoms with Crippen molar-refractivity contribution in [1.82, 2.24) is 29.3 Å². The molecule has 5 heterocycles. The van der Waals surface area contributed by atoms with Crippen molar-refractivity contribution >= 4 is 34.7 Å². The van der Waals surface area contributed by atoms with Gasteiger partial charge in [-0.2, -0.15) is 0 Å². The number of anilines is 1. The molecule has 1 N–H and O–H groups in total. The number of nitrogens with one attached hydrogen (secondary N) is 1. The van der Waals surface area contributed by atoms with Crippen LogP contribution >= 0.6 is 0 Å². The quantitative estimate of drug-likeness (QED) is 0.304. The number of piperidine rings is 1. The first kappa shape index (κ1) is 30.6. The number of fused-ring (bicyclic) bond motifs is 2. The van der Waals surface area contributed by atoms with Crippen LogP contribution in [0.4, 0.5) is 5.69 Å². The second kappa shape index (κ2) is 13.2. The number of carboxylic acids is 2. The molecule has 0 aliphatic carbocycles. The van der Waals surface area contributed by atoms with Crippen molar-refractivity contribution in [2.24, 2.45) is 5.92 Å². The van der Waals surface area contributed by atoms with Crippen molar-refractivity contribution in [1.29, 1.82) is 0 Å². The Morgan fingerprint density at radius 2 is 1.64 bits per heavy atom. The zero-order valence-corrected chi connectivity index (χ0v) is 24.8. The Kier molecular flexibility index (Phi) is 9.19. The average Bonchev–Trinajstić information content (AvgIpc) is 3.34. The summed E-state index contributed by atoms with van der Waals surface area (Å²) in [5.41, 5.74) is 4.15.